The third-order valence-electron chi connectivity index (χ3n) is 7.18. The van der Waals surface area contributed by atoms with Gasteiger partial charge in [-0.2, -0.15) is 0 Å². The summed E-state index contributed by atoms with van der Waals surface area (Å²) in [6.45, 7) is 0.610. The molecule has 9 nitrogen and oxygen atoms in total. The molecule has 0 bridgehead atoms. The number of amides is 2. The molecule has 0 saturated heterocycles. The van der Waals surface area contributed by atoms with Crippen LogP contribution in [0.5, 0.6) is 0 Å². The van der Waals surface area contributed by atoms with Gasteiger partial charge in [0, 0.05) is 36.7 Å². The molecule has 5 rings (SSSR count). The Kier molecular flexibility index (Phi) is 8.32. The molecule has 0 aliphatic carbocycles. The van der Waals surface area contributed by atoms with Crippen LogP contribution in [-0.2, 0) is 38.8 Å². The SMILES string of the molecule is COC(=O)[C@H](Cc1cccc(S(C)(=O)=O)c1)NC(=O)c1c(Cl)cc2c(c1Cl)CCN(C(=O)c1ccc3ccoc3c1)C2. The van der Waals surface area contributed by atoms with Crippen molar-refractivity contribution in [2.45, 2.75) is 30.3 Å². The van der Waals surface area contributed by atoms with Crippen LogP contribution in [0, 0.1) is 0 Å². The first-order valence-electron chi connectivity index (χ1n) is 12.9. The summed E-state index contributed by atoms with van der Waals surface area (Å²) < 4.78 is 34.2. The minimum absolute atomic E-state index is 0.000999. The summed E-state index contributed by atoms with van der Waals surface area (Å²) in [6.07, 6.45) is 3.01. The molecule has 1 N–H and O–H groups in total. The Hall–Kier alpha value is -3.86. The summed E-state index contributed by atoms with van der Waals surface area (Å²) in [5, 5.41) is 3.74. The van der Waals surface area contributed by atoms with Crippen LogP contribution < -0.4 is 5.32 Å². The molecule has 0 saturated carbocycles. The highest BCUT2D eigenvalue weighted by molar-refractivity contribution is 7.90. The van der Waals surface area contributed by atoms with Crippen molar-refractivity contribution in [3.63, 3.8) is 0 Å². The zero-order valence-corrected chi connectivity index (χ0v) is 25.0. The third kappa shape index (κ3) is 6.01. The van der Waals surface area contributed by atoms with E-state index in [0.29, 0.717) is 40.8 Å². The van der Waals surface area contributed by atoms with E-state index in [0.717, 1.165) is 11.6 Å². The molecule has 12 heteroatoms. The fraction of sp³-hybridized carbons (Fsp3) is 0.233. The highest BCUT2D eigenvalue weighted by Gasteiger charge is 2.30. The number of benzene rings is 3. The molecule has 1 atom stereocenters. The highest BCUT2D eigenvalue weighted by Crippen LogP contribution is 2.35. The Bertz CT molecular complexity index is 1830. The number of nitrogens with one attached hydrogen (secondary N) is 1. The summed E-state index contributed by atoms with van der Waals surface area (Å²) in [5.41, 5.74) is 3.01. The van der Waals surface area contributed by atoms with Crippen molar-refractivity contribution in [1.29, 1.82) is 0 Å². The fourth-order valence-electron chi connectivity index (χ4n) is 5.01. The first-order valence-corrected chi connectivity index (χ1v) is 15.5. The number of carbonyl (C=O) groups excluding carboxylic acids is 3. The van der Waals surface area contributed by atoms with Crippen molar-refractivity contribution in [1.82, 2.24) is 10.2 Å². The maximum atomic E-state index is 13.4. The first-order chi connectivity index (χ1) is 20.0. The Morgan fingerprint density at radius 2 is 1.88 bits per heavy atom. The quantitative estimate of drug-likeness (QED) is 0.290. The van der Waals surface area contributed by atoms with Crippen LogP contribution in [0.2, 0.25) is 10.0 Å². The van der Waals surface area contributed by atoms with E-state index in [2.05, 4.69) is 5.32 Å². The van der Waals surface area contributed by atoms with Gasteiger partial charge in [-0.25, -0.2) is 13.2 Å². The second kappa shape index (κ2) is 11.8. The van der Waals surface area contributed by atoms with Gasteiger partial charge in [0.05, 0.1) is 33.9 Å². The summed E-state index contributed by atoms with van der Waals surface area (Å²) in [6, 6.07) is 13.7. The van der Waals surface area contributed by atoms with Gasteiger partial charge in [0.1, 0.15) is 11.6 Å². The van der Waals surface area contributed by atoms with Gasteiger partial charge in [0.15, 0.2) is 9.84 Å². The lowest BCUT2D eigenvalue weighted by atomic mass is 9.95. The molecule has 2 heterocycles. The van der Waals surface area contributed by atoms with Gasteiger partial charge in [-0.1, -0.05) is 41.4 Å². The lowest BCUT2D eigenvalue weighted by molar-refractivity contribution is -0.142. The van der Waals surface area contributed by atoms with Crippen LogP contribution >= 0.6 is 23.2 Å². The average Bonchev–Trinajstić information content (AvgIpc) is 3.43. The van der Waals surface area contributed by atoms with E-state index in [-0.39, 0.29) is 39.4 Å². The Balaban J connectivity index is 1.36. The second-order valence-corrected chi connectivity index (χ2v) is 12.8. The van der Waals surface area contributed by atoms with Gasteiger partial charge in [-0.15, -0.1) is 0 Å². The summed E-state index contributed by atoms with van der Waals surface area (Å²) in [7, 11) is -2.28. The van der Waals surface area contributed by atoms with Gasteiger partial charge >= 0.3 is 5.97 Å². The molecular formula is C30H26Cl2N2O7S. The number of esters is 1. The largest absolute Gasteiger partial charge is 0.467 e. The van der Waals surface area contributed by atoms with Crippen LogP contribution in [0.25, 0.3) is 11.0 Å². The molecule has 0 radical (unpaired) electrons. The molecule has 4 aromatic rings. The third-order valence-corrected chi connectivity index (χ3v) is 9.01. The van der Waals surface area contributed by atoms with E-state index in [1.807, 2.05) is 12.1 Å². The standard InChI is InChI=1S/C30H26Cl2N2O7S/c1-40-30(37)24(13-17-4-3-5-21(12-17)42(2,38)39)33-28(35)26-23(31)14-20-16-34(10-8-22(20)27(26)32)29(36)19-7-6-18-9-11-41-25(18)15-19/h3-7,9,11-12,14-15,24H,8,10,13,16H2,1-2H3,(H,33,35)/t24-/m0/s1. The van der Waals surface area contributed by atoms with E-state index >= 15 is 0 Å². The predicted molar refractivity (Wildman–Crippen MR) is 158 cm³/mol. The molecular weight excluding hydrogens is 603 g/mol. The second-order valence-electron chi connectivity index (χ2n) is 10.0. The maximum Gasteiger partial charge on any atom is 0.328 e. The van der Waals surface area contributed by atoms with Crippen molar-refractivity contribution in [3.8, 4) is 0 Å². The number of nitrogens with zero attached hydrogens (tertiary/aromatic N) is 1. The highest BCUT2D eigenvalue weighted by atomic mass is 35.5. The minimum Gasteiger partial charge on any atom is -0.467 e. The number of methoxy groups -OCH3 is 1. The number of ether oxygens (including phenoxy) is 1. The Morgan fingerprint density at radius 3 is 2.62 bits per heavy atom. The lowest BCUT2D eigenvalue weighted by Gasteiger charge is -2.30. The molecule has 1 aliphatic heterocycles. The molecule has 2 amide bonds. The van der Waals surface area contributed by atoms with Crippen molar-refractivity contribution in [2.75, 3.05) is 19.9 Å². The monoisotopic (exact) mass is 628 g/mol. The van der Waals surface area contributed by atoms with E-state index in [1.54, 1.807) is 41.5 Å². The summed E-state index contributed by atoms with van der Waals surface area (Å²) >= 11 is 13.3. The average molecular weight is 630 g/mol. The van der Waals surface area contributed by atoms with Crippen LogP contribution in [0.15, 0.2) is 70.2 Å². The van der Waals surface area contributed by atoms with Crippen LogP contribution in [-0.4, -0.2) is 57.1 Å². The molecule has 0 unspecified atom stereocenters. The van der Waals surface area contributed by atoms with E-state index in [9.17, 15) is 22.8 Å². The number of hydrogen-bond donors (Lipinski definition) is 1. The molecule has 0 fully saturated rings. The predicted octanol–water partition coefficient (Wildman–Crippen LogP) is 4.86. The van der Waals surface area contributed by atoms with Crippen LogP contribution in [0.1, 0.15) is 37.4 Å². The van der Waals surface area contributed by atoms with Gasteiger partial charge in [-0.3, -0.25) is 9.59 Å². The number of fused-ring (bicyclic) bond motifs is 2. The normalized spacial score (nSPS) is 13.9. The number of sulfone groups is 1. The zero-order valence-electron chi connectivity index (χ0n) is 22.6. The topological polar surface area (TPSA) is 123 Å². The van der Waals surface area contributed by atoms with Gasteiger partial charge in [0.2, 0.25) is 0 Å². The van der Waals surface area contributed by atoms with Crippen molar-refractivity contribution in [2.24, 2.45) is 0 Å². The number of furan rings is 1. The fourth-order valence-corrected chi connectivity index (χ4v) is 6.46. The number of halogens is 2. The van der Waals surface area contributed by atoms with Crippen LogP contribution in [0.3, 0.4) is 0 Å². The molecule has 42 heavy (non-hydrogen) atoms. The van der Waals surface area contributed by atoms with E-state index < -0.39 is 27.8 Å². The molecule has 218 valence electrons. The molecule has 1 aromatic heterocycles. The first kappa shape index (κ1) is 29.6. The molecule has 3 aromatic carbocycles. The number of hydrogen-bond acceptors (Lipinski definition) is 7. The number of carbonyl (C=O) groups is 3. The van der Waals surface area contributed by atoms with Gasteiger partial charge < -0.3 is 19.4 Å². The molecule has 1 aliphatic rings. The minimum atomic E-state index is -3.47. The van der Waals surface area contributed by atoms with E-state index in [1.165, 1.54) is 19.2 Å². The Morgan fingerprint density at radius 1 is 1.10 bits per heavy atom. The van der Waals surface area contributed by atoms with Gasteiger partial charge in [0.25, 0.3) is 11.8 Å². The maximum absolute atomic E-state index is 13.4. The van der Waals surface area contributed by atoms with Crippen molar-refractivity contribution >= 4 is 61.8 Å². The van der Waals surface area contributed by atoms with Crippen molar-refractivity contribution in [3.05, 3.63) is 98.7 Å². The molecule has 0 spiro atoms. The van der Waals surface area contributed by atoms with E-state index in [4.69, 9.17) is 32.4 Å². The van der Waals surface area contributed by atoms with Crippen LogP contribution in [0.4, 0.5) is 0 Å². The van der Waals surface area contributed by atoms with Crippen molar-refractivity contribution < 1.29 is 32.0 Å². The smallest absolute Gasteiger partial charge is 0.328 e. The summed E-state index contributed by atoms with van der Waals surface area (Å²) in [5.74, 6) is -1.58. The summed E-state index contributed by atoms with van der Waals surface area (Å²) in [4.78, 5) is 41.0. The Labute approximate surface area is 252 Å². The number of rotatable bonds is 7. The lowest BCUT2D eigenvalue weighted by Crippen LogP contribution is -2.43. The zero-order chi connectivity index (χ0) is 30.2. The van der Waals surface area contributed by atoms with Gasteiger partial charge in [-0.05, 0) is 59.5 Å².